The highest BCUT2D eigenvalue weighted by Crippen LogP contribution is 2.13. The molecule has 3 nitrogen and oxygen atoms in total. The lowest BCUT2D eigenvalue weighted by Gasteiger charge is -2.04. The van der Waals surface area contributed by atoms with Crippen molar-refractivity contribution in [3.63, 3.8) is 0 Å². The maximum atomic E-state index is 11.9. The highest BCUT2D eigenvalue weighted by Gasteiger charge is 2.03. The molecule has 0 unspecified atom stereocenters. The van der Waals surface area contributed by atoms with Crippen LogP contribution in [0, 0.1) is 6.92 Å². The highest BCUT2D eigenvalue weighted by molar-refractivity contribution is 5.95. The minimum Gasteiger partial charge on any atom is -0.267 e. The Bertz CT molecular complexity index is 643. The molecule has 0 aliphatic carbocycles. The van der Waals surface area contributed by atoms with Gasteiger partial charge in [0.15, 0.2) is 0 Å². The van der Waals surface area contributed by atoms with Gasteiger partial charge in [0.1, 0.15) is 0 Å². The van der Waals surface area contributed by atoms with Crippen LogP contribution in [0.15, 0.2) is 53.6 Å². The molecule has 3 heteroatoms. The van der Waals surface area contributed by atoms with Crippen molar-refractivity contribution in [1.29, 1.82) is 0 Å². The zero-order valence-corrected chi connectivity index (χ0v) is 12.6. The fourth-order valence-electron chi connectivity index (χ4n) is 1.98. The van der Waals surface area contributed by atoms with Gasteiger partial charge < -0.3 is 0 Å². The largest absolute Gasteiger partial charge is 0.271 e. The number of carbonyl (C=O) groups is 1. The van der Waals surface area contributed by atoms with Crippen LogP contribution in [0.1, 0.15) is 46.8 Å². The molecule has 21 heavy (non-hydrogen) atoms. The van der Waals surface area contributed by atoms with E-state index in [9.17, 15) is 4.79 Å². The molecule has 2 aromatic rings. The van der Waals surface area contributed by atoms with Crippen molar-refractivity contribution < 1.29 is 4.79 Å². The summed E-state index contributed by atoms with van der Waals surface area (Å²) in [6, 6.07) is 15.6. The first kappa shape index (κ1) is 15.0. The van der Waals surface area contributed by atoms with E-state index in [4.69, 9.17) is 0 Å². The van der Waals surface area contributed by atoms with Gasteiger partial charge in [-0.2, -0.15) is 5.10 Å². The zero-order chi connectivity index (χ0) is 15.2. The van der Waals surface area contributed by atoms with Gasteiger partial charge in [0.05, 0.1) is 6.21 Å². The fraction of sp³-hybridized carbons (Fsp3) is 0.222. The molecule has 0 fully saturated rings. The van der Waals surface area contributed by atoms with Crippen LogP contribution in [0.4, 0.5) is 0 Å². The van der Waals surface area contributed by atoms with Crippen LogP contribution in [0.3, 0.4) is 0 Å². The molecule has 0 bridgehead atoms. The second-order valence-corrected chi connectivity index (χ2v) is 5.39. The van der Waals surface area contributed by atoms with E-state index in [1.165, 1.54) is 5.56 Å². The average Bonchev–Trinajstić information content (AvgIpc) is 2.47. The standard InChI is InChI=1S/C18H20N2O/c1-13(2)16-9-7-15(8-10-16)12-19-20-18(21)17-6-4-5-14(3)11-17/h4-13H,1-3H3,(H,20,21)/b19-12+. The number of hydrogen-bond acceptors (Lipinski definition) is 2. The van der Waals surface area contributed by atoms with E-state index in [0.717, 1.165) is 11.1 Å². The lowest BCUT2D eigenvalue weighted by Crippen LogP contribution is -2.17. The SMILES string of the molecule is Cc1cccc(C(=O)N/N=C/c2ccc(C(C)C)cc2)c1. The fourth-order valence-corrected chi connectivity index (χ4v) is 1.98. The van der Waals surface area contributed by atoms with Crippen molar-refractivity contribution in [3.05, 3.63) is 70.8 Å². The minimum atomic E-state index is -0.200. The van der Waals surface area contributed by atoms with Crippen LogP contribution in [-0.4, -0.2) is 12.1 Å². The minimum absolute atomic E-state index is 0.200. The van der Waals surface area contributed by atoms with Crippen molar-refractivity contribution in [2.45, 2.75) is 26.7 Å². The van der Waals surface area contributed by atoms with Crippen LogP contribution in [-0.2, 0) is 0 Å². The van der Waals surface area contributed by atoms with Crippen LogP contribution in [0.5, 0.6) is 0 Å². The van der Waals surface area contributed by atoms with Crippen LogP contribution < -0.4 is 5.43 Å². The molecule has 0 spiro atoms. The number of hydrazone groups is 1. The van der Waals surface area contributed by atoms with E-state index in [1.807, 2.05) is 37.3 Å². The molecule has 0 atom stereocenters. The second kappa shape index (κ2) is 6.84. The van der Waals surface area contributed by atoms with Gasteiger partial charge >= 0.3 is 0 Å². The Morgan fingerprint density at radius 2 is 1.86 bits per heavy atom. The first-order valence-electron chi connectivity index (χ1n) is 7.06. The number of nitrogens with zero attached hydrogens (tertiary/aromatic N) is 1. The van der Waals surface area contributed by atoms with Crippen molar-refractivity contribution in [2.75, 3.05) is 0 Å². The molecule has 1 amide bonds. The molecule has 0 radical (unpaired) electrons. The van der Waals surface area contributed by atoms with E-state index in [-0.39, 0.29) is 5.91 Å². The molecule has 0 saturated carbocycles. The summed E-state index contributed by atoms with van der Waals surface area (Å²) in [5.74, 6) is 0.311. The van der Waals surface area contributed by atoms with Gasteiger partial charge in [-0.05, 0) is 36.1 Å². The van der Waals surface area contributed by atoms with Crippen molar-refractivity contribution in [1.82, 2.24) is 5.43 Å². The van der Waals surface area contributed by atoms with Gasteiger partial charge in [0.2, 0.25) is 0 Å². The van der Waals surface area contributed by atoms with Crippen LogP contribution in [0.25, 0.3) is 0 Å². The Morgan fingerprint density at radius 1 is 1.14 bits per heavy atom. The van der Waals surface area contributed by atoms with Gasteiger partial charge in [0, 0.05) is 5.56 Å². The lowest BCUT2D eigenvalue weighted by atomic mass is 10.0. The molecule has 1 N–H and O–H groups in total. The number of nitrogens with one attached hydrogen (secondary N) is 1. The summed E-state index contributed by atoms with van der Waals surface area (Å²) in [6.07, 6.45) is 1.65. The summed E-state index contributed by atoms with van der Waals surface area (Å²) in [6.45, 7) is 6.27. The molecule has 2 aromatic carbocycles. The quantitative estimate of drug-likeness (QED) is 0.670. The summed E-state index contributed by atoms with van der Waals surface area (Å²) in [5, 5.41) is 4.00. The normalized spacial score (nSPS) is 11.0. The Kier molecular flexibility index (Phi) is 4.88. The van der Waals surface area contributed by atoms with Crippen molar-refractivity contribution in [3.8, 4) is 0 Å². The number of benzene rings is 2. The molecule has 0 aliphatic heterocycles. The van der Waals surface area contributed by atoms with Crippen LogP contribution >= 0.6 is 0 Å². The third kappa shape index (κ3) is 4.28. The maximum Gasteiger partial charge on any atom is 0.271 e. The van der Waals surface area contributed by atoms with Crippen LogP contribution in [0.2, 0.25) is 0 Å². The first-order chi connectivity index (χ1) is 10.1. The van der Waals surface area contributed by atoms with Gasteiger partial charge in [-0.1, -0.05) is 55.8 Å². The van der Waals surface area contributed by atoms with Gasteiger partial charge in [-0.15, -0.1) is 0 Å². The third-order valence-corrected chi connectivity index (χ3v) is 3.26. The molecule has 0 aliphatic rings. The molecular weight excluding hydrogens is 260 g/mol. The highest BCUT2D eigenvalue weighted by atomic mass is 16.2. The maximum absolute atomic E-state index is 11.9. The summed E-state index contributed by atoms with van der Waals surface area (Å²) in [5.41, 5.74) is 6.46. The first-order valence-corrected chi connectivity index (χ1v) is 7.06. The van der Waals surface area contributed by atoms with E-state index >= 15 is 0 Å². The van der Waals surface area contributed by atoms with Gasteiger partial charge in [0.25, 0.3) is 5.91 Å². The Labute approximate surface area is 125 Å². The average molecular weight is 280 g/mol. The Hall–Kier alpha value is -2.42. The number of hydrogen-bond donors (Lipinski definition) is 1. The smallest absolute Gasteiger partial charge is 0.267 e. The van der Waals surface area contributed by atoms with Crippen molar-refractivity contribution >= 4 is 12.1 Å². The Balaban J connectivity index is 1.97. The van der Waals surface area contributed by atoms with E-state index in [2.05, 4.69) is 36.5 Å². The third-order valence-electron chi connectivity index (χ3n) is 3.26. The number of amides is 1. The summed E-state index contributed by atoms with van der Waals surface area (Å²) < 4.78 is 0. The van der Waals surface area contributed by atoms with Gasteiger partial charge in [-0.3, -0.25) is 4.79 Å². The van der Waals surface area contributed by atoms with Crippen molar-refractivity contribution in [2.24, 2.45) is 5.10 Å². The number of rotatable bonds is 4. The summed E-state index contributed by atoms with van der Waals surface area (Å²) in [7, 11) is 0. The number of aryl methyl sites for hydroxylation is 1. The lowest BCUT2D eigenvalue weighted by molar-refractivity contribution is 0.0955. The molecule has 0 heterocycles. The molecule has 0 saturated heterocycles. The predicted molar refractivity (Wildman–Crippen MR) is 86.8 cm³/mol. The van der Waals surface area contributed by atoms with E-state index < -0.39 is 0 Å². The monoisotopic (exact) mass is 280 g/mol. The summed E-state index contributed by atoms with van der Waals surface area (Å²) in [4.78, 5) is 11.9. The molecular formula is C18H20N2O. The van der Waals surface area contributed by atoms with E-state index in [1.54, 1.807) is 12.3 Å². The second-order valence-electron chi connectivity index (χ2n) is 5.39. The van der Waals surface area contributed by atoms with Gasteiger partial charge in [-0.25, -0.2) is 5.43 Å². The van der Waals surface area contributed by atoms with E-state index in [0.29, 0.717) is 11.5 Å². The zero-order valence-electron chi connectivity index (χ0n) is 12.6. The molecule has 108 valence electrons. The topological polar surface area (TPSA) is 41.5 Å². The summed E-state index contributed by atoms with van der Waals surface area (Å²) >= 11 is 0. The number of carbonyl (C=O) groups excluding carboxylic acids is 1. The Morgan fingerprint density at radius 3 is 2.48 bits per heavy atom. The predicted octanol–water partition coefficient (Wildman–Crippen LogP) is 3.88. The molecule has 0 aromatic heterocycles. The molecule has 2 rings (SSSR count).